The molecule has 1 aliphatic rings. The molecular formula is C16H18N4O3. The smallest absolute Gasteiger partial charge is 0.311 e. The summed E-state index contributed by atoms with van der Waals surface area (Å²) in [7, 11) is 0. The standard InChI is InChI=1S/C16H18N4O3/c1-16(15(22)23)7-8-19(11-16)14(21)13-10-20(18-17-13)9-12-5-3-2-4-6-12/h2-6,10H,7-9,11H2,1H3,(H,22,23)/t16-/m0/s1. The highest BCUT2D eigenvalue weighted by molar-refractivity contribution is 5.92. The molecule has 3 rings (SSSR count). The van der Waals surface area contributed by atoms with Crippen LogP contribution in [0.15, 0.2) is 36.5 Å². The molecule has 1 fully saturated rings. The lowest BCUT2D eigenvalue weighted by Crippen LogP contribution is -2.35. The third-order valence-corrected chi connectivity index (χ3v) is 4.22. The van der Waals surface area contributed by atoms with Crippen molar-refractivity contribution in [1.82, 2.24) is 19.9 Å². The van der Waals surface area contributed by atoms with Crippen LogP contribution in [-0.2, 0) is 11.3 Å². The molecule has 7 nitrogen and oxygen atoms in total. The topological polar surface area (TPSA) is 88.3 Å². The van der Waals surface area contributed by atoms with Gasteiger partial charge in [0.2, 0.25) is 0 Å². The zero-order chi connectivity index (χ0) is 16.4. The Balaban J connectivity index is 1.69. The van der Waals surface area contributed by atoms with E-state index in [9.17, 15) is 14.7 Å². The molecule has 1 aromatic heterocycles. The van der Waals surface area contributed by atoms with Crippen LogP contribution in [0.3, 0.4) is 0 Å². The van der Waals surface area contributed by atoms with Gasteiger partial charge in [0.1, 0.15) is 0 Å². The number of aliphatic carboxylic acids is 1. The molecule has 1 aliphatic heterocycles. The van der Waals surface area contributed by atoms with Crippen LogP contribution in [0, 0.1) is 5.41 Å². The summed E-state index contributed by atoms with van der Waals surface area (Å²) in [6, 6.07) is 9.76. The Morgan fingerprint density at radius 1 is 1.30 bits per heavy atom. The Morgan fingerprint density at radius 3 is 2.70 bits per heavy atom. The number of carbonyl (C=O) groups is 2. The predicted octanol–water partition coefficient (Wildman–Crippen LogP) is 1.26. The van der Waals surface area contributed by atoms with Gasteiger partial charge < -0.3 is 10.0 Å². The van der Waals surface area contributed by atoms with Crippen LogP contribution >= 0.6 is 0 Å². The van der Waals surface area contributed by atoms with Crippen molar-refractivity contribution in [3.8, 4) is 0 Å². The molecule has 0 aliphatic carbocycles. The van der Waals surface area contributed by atoms with Gasteiger partial charge in [-0.15, -0.1) is 5.10 Å². The van der Waals surface area contributed by atoms with Crippen molar-refractivity contribution in [2.75, 3.05) is 13.1 Å². The number of benzene rings is 1. The number of aromatic nitrogens is 3. The van der Waals surface area contributed by atoms with Gasteiger partial charge in [-0.05, 0) is 18.9 Å². The number of likely N-dealkylation sites (tertiary alicyclic amines) is 1. The summed E-state index contributed by atoms with van der Waals surface area (Å²) in [6.07, 6.45) is 2.05. The van der Waals surface area contributed by atoms with Gasteiger partial charge in [-0.25, -0.2) is 4.68 Å². The maximum atomic E-state index is 12.4. The summed E-state index contributed by atoms with van der Waals surface area (Å²) in [6.45, 7) is 2.82. The minimum Gasteiger partial charge on any atom is -0.481 e. The Kier molecular flexibility index (Phi) is 3.85. The fraction of sp³-hybridized carbons (Fsp3) is 0.375. The van der Waals surface area contributed by atoms with E-state index in [1.165, 1.54) is 4.90 Å². The van der Waals surface area contributed by atoms with E-state index >= 15 is 0 Å². The highest BCUT2D eigenvalue weighted by Crippen LogP contribution is 2.30. The lowest BCUT2D eigenvalue weighted by atomic mass is 9.90. The van der Waals surface area contributed by atoms with Crippen LogP contribution < -0.4 is 0 Å². The summed E-state index contributed by atoms with van der Waals surface area (Å²) in [5.74, 6) is -1.14. The molecule has 1 N–H and O–H groups in total. The molecule has 1 aromatic carbocycles. The highest BCUT2D eigenvalue weighted by Gasteiger charge is 2.42. The summed E-state index contributed by atoms with van der Waals surface area (Å²) < 4.78 is 1.61. The maximum absolute atomic E-state index is 12.4. The normalized spacial score (nSPS) is 20.7. The molecule has 0 saturated carbocycles. The van der Waals surface area contributed by atoms with Crippen molar-refractivity contribution >= 4 is 11.9 Å². The van der Waals surface area contributed by atoms with Crippen LogP contribution in [-0.4, -0.2) is 50.0 Å². The van der Waals surface area contributed by atoms with Gasteiger partial charge in [0.25, 0.3) is 5.91 Å². The predicted molar refractivity (Wildman–Crippen MR) is 81.8 cm³/mol. The van der Waals surface area contributed by atoms with E-state index in [1.54, 1.807) is 17.8 Å². The summed E-state index contributed by atoms with van der Waals surface area (Å²) >= 11 is 0. The molecule has 2 aromatic rings. The van der Waals surface area contributed by atoms with Gasteiger partial charge in [0.15, 0.2) is 5.69 Å². The van der Waals surface area contributed by atoms with Gasteiger partial charge in [-0.3, -0.25) is 9.59 Å². The van der Waals surface area contributed by atoms with Crippen molar-refractivity contribution in [1.29, 1.82) is 0 Å². The molecule has 0 bridgehead atoms. The molecule has 1 amide bonds. The number of nitrogens with zero attached hydrogens (tertiary/aromatic N) is 4. The first kappa shape index (κ1) is 15.2. The average Bonchev–Trinajstić information content (AvgIpc) is 3.15. The Labute approximate surface area is 133 Å². The number of rotatable bonds is 4. The van der Waals surface area contributed by atoms with Crippen molar-refractivity contribution < 1.29 is 14.7 Å². The third kappa shape index (κ3) is 3.08. The van der Waals surface area contributed by atoms with E-state index < -0.39 is 11.4 Å². The summed E-state index contributed by atoms with van der Waals surface area (Å²) in [5, 5.41) is 17.1. The molecule has 0 radical (unpaired) electrons. The Bertz CT molecular complexity index is 728. The second-order valence-electron chi connectivity index (χ2n) is 6.13. The zero-order valence-corrected chi connectivity index (χ0v) is 12.8. The van der Waals surface area contributed by atoms with Crippen LogP contribution in [0.1, 0.15) is 29.4 Å². The highest BCUT2D eigenvalue weighted by atomic mass is 16.4. The molecule has 2 heterocycles. The van der Waals surface area contributed by atoms with Gasteiger partial charge in [0, 0.05) is 13.1 Å². The van der Waals surface area contributed by atoms with Gasteiger partial charge in [0.05, 0.1) is 18.2 Å². The molecule has 1 atom stereocenters. The molecular weight excluding hydrogens is 296 g/mol. The number of amides is 1. The second kappa shape index (κ2) is 5.83. The van der Waals surface area contributed by atoms with E-state index in [2.05, 4.69) is 10.3 Å². The van der Waals surface area contributed by atoms with Crippen molar-refractivity contribution in [3.63, 3.8) is 0 Å². The lowest BCUT2D eigenvalue weighted by molar-refractivity contribution is -0.147. The quantitative estimate of drug-likeness (QED) is 0.918. The van der Waals surface area contributed by atoms with Crippen LogP contribution in [0.5, 0.6) is 0 Å². The second-order valence-corrected chi connectivity index (χ2v) is 6.13. The summed E-state index contributed by atoms with van der Waals surface area (Å²) in [4.78, 5) is 25.2. The lowest BCUT2D eigenvalue weighted by Gasteiger charge is -2.19. The average molecular weight is 314 g/mol. The summed E-state index contributed by atoms with van der Waals surface area (Å²) in [5.41, 5.74) is 0.432. The first-order valence-corrected chi connectivity index (χ1v) is 7.45. The number of carboxylic acids is 1. The minimum atomic E-state index is -0.879. The van der Waals surface area contributed by atoms with E-state index in [0.717, 1.165) is 5.56 Å². The molecule has 0 unspecified atom stereocenters. The van der Waals surface area contributed by atoms with Crippen LogP contribution in [0.4, 0.5) is 0 Å². The molecule has 120 valence electrons. The van der Waals surface area contributed by atoms with Crippen LogP contribution in [0.25, 0.3) is 0 Å². The molecule has 1 saturated heterocycles. The maximum Gasteiger partial charge on any atom is 0.311 e. The largest absolute Gasteiger partial charge is 0.481 e. The number of hydrogen-bond donors (Lipinski definition) is 1. The van der Waals surface area contributed by atoms with Crippen LogP contribution in [0.2, 0.25) is 0 Å². The van der Waals surface area contributed by atoms with Crippen molar-refractivity contribution in [2.45, 2.75) is 19.9 Å². The number of carboxylic acid groups (broad SMARTS) is 1. The SMILES string of the molecule is C[C@]1(C(=O)O)CCN(C(=O)c2cn(Cc3ccccc3)nn2)C1. The number of hydrogen-bond acceptors (Lipinski definition) is 4. The molecule has 23 heavy (non-hydrogen) atoms. The first-order chi connectivity index (χ1) is 11.0. The zero-order valence-electron chi connectivity index (χ0n) is 12.8. The Morgan fingerprint density at radius 2 is 2.04 bits per heavy atom. The number of carbonyl (C=O) groups excluding carboxylic acids is 1. The first-order valence-electron chi connectivity index (χ1n) is 7.45. The third-order valence-electron chi connectivity index (χ3n) is 4.22. The fourth-order valence-electron chi connectivity index (χ4n) is 2.72. The molecule has 7 heteroatoms. The van der Waals surface area contributed by atoms with E-state index in [1.807, 2.05) is 30.3 Å². The molecule has 0 spiro atoms. The van der Waals surface area contributed by atoms with E-state index in [0.29, 0.717) is 19.5 Å². The van der Waals surface area contributed by atoms with Gasteiger partial charge in [-0.2, -0.15) is 0 Å². The van der Waals surface area contributed by atoms with E-state index in [4.69, 9.17) is 0 Å². The van der Waals surface area contributed by atoms with Crippen molar-refractivity contribution in [3.05, 3.63) is 47.8 Å². The fourth-order valence-corrected chi connectivity index (χ4v) is 2.72. The van der Waals surface area contributed by atoms with E-state index in [-0.39, 0.29) is 18.1 Å². The Hall–Kier alpha value is -2.70. The monoisotopic (exact) mass is 314 g/mol. The van der Waals surface area contributed by atoms with Crippen molar-refractivity contribution in [2.24, 2.45) is 5.41 Å². The van der Waals surface area contributed by atoms with Gasteiger partial charge >= 0.3 is 5.97 Å². The minimum absolute atomic E-state index is 0.201. The van der Waals surface area contributed by atoms with Gasteiger partial charge in [-0.1, -0.05) is 35.5 Å².